The van der Waals surface area contributed by atoms with Crippen molar-refractivity contribution in [1.29, 1.82) is 0 Å². The van der Waals surface area contributed by atoms with E-state index < -0.39 is 0 Å². The van der Waals surface area contributed by atoms with Crippen molar-refractivity contribution >= 4 is 11.8 Å². The second-order valence-corrected chi connectivity index (χ2v) is 5.58. The molecule has 1 fully saturated rings. The third-order valence-electron chi connectivity index (χ3n) is 4.07. The Hall–Kier alpha value is -1.62. The summed E-state index contributed by atoms with van der Waals surface area (Å²) in [5, 5.41) is 3.42. The van der Waals surface area contributed by atoms with E-state index in [-0.39, 0.29) is 17.6 Å². The average Bonchev–Trinajstić information content (AvgIpc) is 3.13. The quantitative estimate of drug-likeness (QED) is 0.838. The number of imide groups is 1. The molecule has 5 nitrogen and oxygen atoms in total. The van der Waals surface area contributed by atoms with Gasteiger partial charge in [-0.3, -0.25) is 14.5 Å². The molecule has 5 heteroatoms. The predicted octanol–water partition coefficient (Wildman–Crippen LogP) is 2.32. The van der Waals surface area contributed by atoms with Gasteiger partial charge in [0.25, 0.3) is 11.8 Å². The minimum Gasteiger partial charge on any atom is -0.454 e. The van der Waals surface area contributed by atoms with Gasteiger partial charge in [-0.05, 0) is 25.3 Å². The molecule has 1 N–H and O–H groups in total. The highest BCUT2D eigenvalue weighted by Gasteiger charge is 2.39. The molecule has 1 aromatic rings. The Morgan fingerprint density at radius 2 is 2.05 bits per heavy atom. The molecule has 3 rings (SSSR count). The first-order valence-electron chi connectivity index (χ1n) is 7.43. The van der Waals surface area contributed by atoms with Crippen molar-refractivity contribution in [3.63, 3.8) is 0 Å². The van der Waals surface area contributed by atoms with Gasteiger partial charge in [0.15, 0.2) is 0 Å². The van der Waals surface area contributed by atoms with Gasteiger partial charge in [0.2, 0.25) is 5.76 Å². The summed E-state index contributed by atoms with van der Waals surface area (Å²) < 4.78 is 5.57. The van der Waals surface area contributed by atoms with E-state index in [2.05, 4.69) is 5.32 Å². The van der Waals surface area contributed by atoms with Crippen LogP contribution in [0.2, 0.25) is 0 Å². The van der Waals surface area contributed by atoms with Gasteiger partial charge in [-0.2, -0.15) is 0 Å². The number of hydrogen-bond acceptors (Lipinski definition) is 4. The number of rotatable bonds is 5. The van der Waals surface area contributed by atoms with Gasteiger partial charge in [0.1, 0.15) is 5.76 Å². The fourth-order valence-corrected chi connectivity index (χ4v) is 3.01. The van der Waals surface area contributed by atoms with Gasteiger partial charge in [0, 0.05) is 12.6 Å². The lowest BCUT2D eigenvalue weighted by Crippen LogP contribution is -2.30. The van der Waals surface area contributed by atoms with Crippen molar-refractivity contribution in [3.8, 4) is 0 Å². The van der Waals surface area contributed by atoms with Crippen molar-refractivity contribution in [1.82, 2.24) is 10.2 Å². The molecular weight excluding hydrogens is 256 g/mol. The maximum Gasteiger partial charge on any atom is 0.297 e. The normalized spacial score (nSPS) is 19.1. The molecule has 1 saturated carbocycles. The second-order valence-electron chi connectivity index (χ2n) is 5.58. The maximum absolute atomic E-state index is 12.1. The number of furan rings is 1. The number of amides is 2. The van der Waals surface area contributed by atoms with Gasteiger partial charge in [-0.25, -0.2) is 0 Å². The zero-order valence-electron chi connectivity index (χ0n) is 11.8. The monoisotopic (exact) mass is 276 g/mol. The molecule has 0 bridgehead atoms. The lowest BCUT2D eigenvalue weighted by molar-refractivity contribution is 0.0639. The van der Waals surface area contributed by atoms with E-state index in [1.807, 2.05) is 6.92 Å². The molecule has 0 radical (unpaired) electrons. The standard InChI is InChI=1S/C15H20N2O3/c1-2-7-17-14(18)12-8-11(20-13(12)15(17)19)9-16-10-5-3-4-6-10/h8,10,16H,2-7,9H2,1H3. The Morgan fingerprint density at radius 1 is 1.30 bits per heavy atom. The molecule has 2 heterocycles. The summed E-state index contributed by atoms with van der Waals surface area (Å²) in [6, 6.07) is 2.26. The fourth-order valence-electron chi connectivity index (χ4n) is 3.01. The van der Waals surface area contributed by atoms with Gasteiger partial charge in [-0.15, -0.1) is 0 Å². The van der Waals surface area contributed by atoms with Crippen LogP contribution in [0.4, 0.5) is 0 Å². The molecule has 0 spiro atoms. The minimum absolute atomic E-state index is 0.215. The van der Waals surface area contributed by atoms with Crippen molar-refractivity contribution < 1.29 is 14.0 Å². The Kier molecular flexibility index (Phi) is 3.61. The second kappa shape index (κ2) is 5.40. The average molecular weight is 276 g/mol. The topological polar surface area (TPSA) is 62.6 Å². The highest BCUT2D eigenvalue weighted by Crippen LogP contribution is 2.27. The molecule has 0 aromatic carbocycles. The van der Waals surface area contributed by atoms with Gasteiger partial charge < -0.3 is 9.73 Å². The van der Waals surface area contributed by atoms with Crippen LogP contribution < -0.4 is 5.32 Å². The Balaban J connectivity index is 1.68. The molecule has 0 saturated heterocycles. The first-order chi connectivity index (χ1) is 9.70. The zero-order chi connectivity index (χ0) is 14.1. The largest absolute Gasteiger partial charge is 0.454 e. The molecule has 0 atom stereocenters. The number of carbonyl (C=O) groups is 2. The van der Waals surface area contributed by atoms with E-state index in [9.17, 15) is 9.59 Å². The molecule has 20 heavy (non-hydrogen) atoms. The molecule has 1 aliphatic carbocycles. The lowest BCUT2D eigenvalue weighted by atomic mass is 10.2. The number of carbonyl (C=O) groups excluding carboxylic acids is 2. The van der Waals surface area contributed by atoms with Gasteiger partial charge in [0.05, 0.1) is 12.1 Å². The van der Waals surface area contributed by atoms with Crippen molar-refractivity contribution in [2.45, 2.75) is 51.6 Å². The Bertz CT molecular complexity index is 496. The van der Waals surface area contributed by atoms with E-state index in [4.69, 9.17) is 4.42 Å². The highest BCUT2D eigenvalue weighted by atomic mass is 16.4. The summed E-state index contributed by atoms with van der Waals surface area (Å²) in [6.45, 7) is 2.99. The van der Waals surface area contributed by atoms with Gasteiger partial charge in [-0.1, -0.05) is 19.8 Å². The number of nitrogens with one attached hydrogen (secondary N) is 1. The van der Waals surface area contributed by atoms with E-state index in [0.29, 0.717) is 30.5 Å². The minimum atomic E-state index is -0.293. The van der Waals surface area contributed by atoms with Crippen LogP contribution in [0.5, 0.6) is 0 Å². The van der Waals surface area contributed by atoms with Gasteiger partial charge >= 0.3 is 0 Å². The summed E-state index contributed by atoms with van der Waals surface area (Å²) in [4.78, 5) is 25.4. The molecule has 1 aliphatic heterocycles. The summed E-state index contributed by atoms with van der Waals surface area (Å²) in [7, 11) is 0. The van der Waals surface area contributed by atoms with E-state index in [0.717, 1.165) is 6.42 Å². The van der Waals surface area contributed by atoms with E-state index in [1.165, 1.54) is 30.6 Å². The lowest BCUT2D eigenvalue weighted by Gasteiger charge is -2.12. The number of fused-ring (bicyclic) bond motifs is 1. The van der Waals surface area contributed by atoms with Crippen LogP contribution in [0.1, 0.15) is 65.7 Å². The van der Waals surface area contributed by atoms with Crippen molar-refractivity contribution in [2.24, 2.45) is 0 Å². The zero-order valence-corrected chi connectivity index (χ0v) is 11.8. The fraction of sp³-hybridized carbons (Fsp3) is 0.600. The van der Waals surface area contributed by atoms with Crippen LogP contribution in [0, 0.1) is 0 Å². The van der Waals surface area contributed by atoms with Crippen LogP contribution >= 0.6 is 0 Å². The van der Waals surface area contributed by atoms with Crippen LogP contribution in [0.3, 0.4) is 0 Å². The number of hydrogen-bond donors (Lipinski definition) is 1. The Morgan fingerprint density at radius 3 is 2.70 bits per heavy atom. The summed E-state index contributed by atoms with van der Waals surface area (Å²) >= 11 is 0. The molecule has 1 aromatic heterocycles. The van der Waals surface area contributed by atoms with Crippen LogP contribution in [-0.4, -0.2) is 29.3 Å². The molecular formula is C15H20N2O3. The molecule has 2 amide bonds. The van der Waals surface area contributed by atoms with Crippen molar-refractivity contribution in [3.05, 3.63) is 23.2 Å². The van der Waals surface area contributed by atoms with Crippen LogP contribution in [-0.2, 0) is 6.54 Å². The van der Waals surface area contributed by atoms with Crippen molar-refractivity contribution in [2.75, 3.05) is 6.54 Å². The third kappa shape index (κ3) is 2.26. The molecule has 108 valence electrons. The summed E-state index contributed by atoms with van der Waals surface area (Å²) in [5.74, 6) is 0.383. The maximum atomic E-state index is 12.1. The third-order valence-corrected chi connectivity index (χ3v) is 4.07. The molecule has 2 aliphatic rings. The highest BCUT2D eigenvalue weighted by molar-refractivity contribution is 6.20. The smallest absolute Gasteiger partial charge is 0.297 e. The van der Waals surface area contributed by atoms with E-state index in [1.54, 1.807) is 6.07 Å². The van der Waals surface area contributed by atoms with Crippen LogP contribution in [0.25, 0.3) is 0 Å². The van der Waals surface area contributed by atoms with E-state index >= 15 is 0 Å². The number of nitrogens with zero attached hydrogens (tertiary/aromatic N) is 1. The Labute approximate surface area is 118 Å². The van der Waals surface area contributed by atoms with Crippen LogP contribution in [0.15, 0.2) is 10.5 Å². The predicted molar refractivity (Wildman–Crippen MR) is 73.5 cm³/mol. The summed E-state index contributed by atoms with van der Waals surface area (Å²) in [6.07, 6.45) is 5.70. The SMILES string of the molecule is CCCN1C(=O)c2cc(CNC3CCCC3)oc2C1=O. The summed E-state index contributed by atoms with van der Waals surface area (Å²) in [5.41, 5.74) is 0.423. The first-order valence-corrected chi connectivity index (χ1v) is 7.43. The first kappa shape index (κ1) is 13.4. The molecule has 0 unspecified atom stereocenters.